The summed E-state index contributed by atoms with van der Waals surface area (Å²) in [5, 5.41) is 5.89. The van der Waals surface area contributed by atoms with Crippen molar-refractivity contribution in [2.24, 2.45) is 5.73 Å². The number of amides is 2. The highest BCUT2D eigenvalue weighted by atomic mass is 35.5. The van der Waals surface area contributed by atoms with Crippen molar-refractivity contribution >= 4 is 29.2 Å². The average Bonchev–Trinajstić information content (AvgIpc) is 2.40. The third-order valence-electron chi connectivity index (χ3n) is 2.23. The number of pyridine rings is 1. The van der Waals surface area contributed by atoms with E-state index in [1.807, 2.05) is 6.92 Å². The van der Waals surface area contributed by atoms with Gasteiger partial charge >= 0.3 is 0 Å². The van der Waals surface area contributed by atoms with E-state index in [4.69, 9.17) is 22.1 Å². The molecule has 0 fully saturated rings. The highest BCUT2D eigenvalue weighted by Gasteiger charge is 2.11. The van der Waals surface area contributed by atoms with E-state index in [9.17, 15) is 9.59 Å². The predicted octanol–water partition coefficient (Wildman–Crippen LogP) is 0.398. The quantitative estimate of drug-likeness (QED) is 0.602. The van der Waals surface area contributed by atoms with Crippen molar-refractivity contribution in [1.29, 1.82) is 0 Å². The van der Waals surface area contributed by atoms with Crippen LogP contribution in [0.3, 0.4) is 0 Å². The van der Waals surface area contributed by atoms with E-state index in [1.165, 1.54) is 6.20 Å². The van der Waals surface area contributed by atoms with Crippen LogP contribution in [0, 0.1) is 0 Å². The lowest BCUT2D eigenvalue weighted by Gasteiger charge is -2.09. The predicted molar refractivity (Wildman–Crippen MR) is 75.8 cm³/mol. The zero-order valence-electron chi connectivity index (χ0n) is 11.1. The number of ether oxygens (including phenoxy) is 1. The summed E-state index contributed by atoms with van der Waals surface area (Å²) in [5.41, 5.74) is 5.23. The number of rotatable bonds is 8. The maximum absolute atomic E-state index is 11.9. The zero-order chi connectivity index (χ0) is 15.0. The Bertz CT molecular complexity index is 482. The molecule has 0 bridgehead atoms. The number of carbonyl (C=O) groups is 2. The summed E-state index contributed by atoms with van der Waals surface area (Å²) in [7, 11) is 0. The van der Waals surface area contributed by atoms with Crippen LogP contribution in [0.1, 0.15) is 17.3 Å². The Hall–Kier alpha value is -1.86. The lowest BCUT2D eigenvalue weighted by molar-refractivity contribution is -0.122. The second-order valence-electron chi connectivity index (χ2n) is 3.85. The number of nitrogens with two attached hydrogens (primary N) is 1. The molecule has 1 aromatic rings. The topological polar surface area (TPSA) is 106 Å². The summed E-state index contributed by atoms with van der Waals surface area (Å²) in [6, 6.07) is 1.57. The first kappa shape index (κ1) is 16.2. The second-order valence-corrected chi connectivity index (χ2v) is 4.26. The van der Waals surface area contributed by atoms with Crippen LogP contribution in [0.15, 0.2) is 12.3 Å². The summed E-state index contributed by atoms with van der Waals surface area (Å²) in [6.07, 6.45) is 1.41. The van der Waals surface area contributed by atoms with Crippen molar-refractivity contribution in [3.63, 3.8) is 0 Å². The van der Waals surface area contributed by atoms with E-state index in [0.29, 0.717) is 17.9 Å². The van der Waals surface area contributed by atoms with E-state index in [2.05, 4.69) is 15.6 Å². The van der Waals surface area contributed by atoms with E-state index < -0.39 is 5.91 Å². The van der Waals surface area contributed by atoms with Gasteiger partial charge in [-0.25, -0.2) is 4.98 Å². The first-order chi connectivity index (χ1) is 9.54. The van der Waals surface area contributed by atoms with Crippen molar-refractivity contribution in [2.75, 3.05) is 31.6 Å². The molecule has 8 heteroatoms. The molecule has 0 spiro atoms. The number of primary amides is 1. The highest BCUT2D eigenvalue weighted by Crippen LogP contribution is 2.17. The van der Waals surface area contributed by atoms with Crippen LogP contribution in [0.25, 0.3) is 0 Å². The van der Waals surface area contributed by atoms with Gasteiger partial charge in [-0.15, -0.1) is 0 Å². The van der Waals surface area contributed by atoms with Crippen molar-refractivity contribution in [3.8, 4) is 0 Å². The third-order valence-corrected chi connectivity index (χ3v) is 2.54. The van der Waals surface area contributed by atoms with Crippen LogP contribution in [0.2, 0.25) is 5.02 Å². The fourth-order valence-electron chi connectivity index (χ4n) is 1.40. The molecule has 1 heterocycles. The van der Waals surface area contributed by atoms with Gasteiger partial charge in [0.05, 0.1) is 17.2 Å². The number of nitrogens with one attached hydrogen (secondary N) is 2. The molecule has 0 unspecified atom stereocenters. The van der Waals surface area contributed by atoms with E-state index in [1.54, 1.807) is 6.07 Å². The molecule has 0 radical (unpaired) electrons. The van der Waals surface area contributed by atoms with Crippen molar-refractivity contribution in [3.05, 3.63) is 22.8 Å². The Morgan fingerprint density at radius 2 is 2.25 bits per heavy atom. The Morgan fingerprint density at radius 3 is 2.90 bits per heavy atom. The molecular formula is C12H17ClN4O3. The summed E-state index contributed by atoms with van der Waals surface area (Å²) in [6.45, 7) is 2.89. The summed E-state index contributed by atoms with van der Waals surface area (Å²) >= 11 is 5.93. The number of hydrogen-bond donors (Lipinski definition) is 3. The Balaban J connectivity index is 2.50. The van der Waals surface area contributed by atoms with Crippen molar-refractivity contribution < 1.29 is 14.3 Å². The lowest BCUT2D eigenvalue weighted by Crippen LogP contribution is -2.29. The minimum Gasteiger partial charge on any atom is -0.370 e. The van der Waals surface area contributed by atoms with Crippen molar-refractivity contribution in [2.45, 2.75) is 6.92 Å². The minimum absolute atomic E-state index is 0.170. The first-order valence-electron chi connectivity index (χ1n) is 6.08. The van der Waals surface area contributed by atoms with Gasteiger partial charge in [0.2, 0.25) is 5.91 Å². The van der Waals surface area contributed by atoms with Gasteiger partial charge in [0.15, 0.2) is 0 Å². The second kappa shape index (κ2) is 8.34. The molecule has 0 aliphatic carbocycles. The summed E-state index contributed by atoms with van der Waals surface area (Å²) in [4.78, 5) is 26.4. The summed E-state index contributed by atoms with van der Waals surface area (Å²) < 4.78 is 4.93. The third kappa shape index (κ3) is 5.41. The number of anilines is 1. The Morgan fingerprint density at radius 1 is 1.50 bits per heavy atom. The number of hydrogen-bond acceptors (Lipinski definition) is 5. The molecule has 0 aliphatic rings. The monoisotopic (exact) mass is 300 g/mol. The van der Waals surface area contributed by atoms with Crippen LogP contribution in [-0.2, 0) is 9.53 Å². The molecule has 1 rings (SSSR count). The number of halogens is 1. The fraction of sp³-hybridized carbons (Fsp3) is 0.417. The molecule has 2 amide bonds. The molecule has 1 aromatic heterocycles. The molecule has 0 saturated heterocycles. The zero-order valence-corrected chi connectivity index (χ0v) is 11.9. The van der Waals surface area contributed by atoms with Gasteiger partial charge in [0, 0.05) is 19.3 Å². The fourth-order valence-corrected chi connectivity index (χ4v) is 1.58. The van der Waals surface area contributed by atoms with Gasteiger partial charge in [0.1, 0.15) is 12.4 Å². The molecule has 0 saturated carbocycles. The maximum Gasteiger partial charge on any atom is 0.253 e. The average molecular weight is 301 g/mol. The molecule has 7 nitrogen and oxygen atoms in total. The van der Waals surface area contributed by atoms with Crippen LogP contribution >= 0.6 is 11.6 Å². The van der Waals surface area contributed by atoms with Gasteiger partial charge in [-0.3, -0.25) is 9.59 Å². The Labute approximate surface area is 121 Å². The minimum atomic E-state index is -0.552. The van der Waals surface area contributed by atoms with E-state index in [-0.39, 0.29) is 30.7 Å². The molecule has 0 aliphatic heterocycles. The SMILES string of the molecule is CCNc1cc(C(=O)NCCOCC(N)=O)c(Cl)cn1. The number of carbonyl (C=O) groups excluding carboxylic acids is 2. The normalized spacial score (nSPS) is 10.1. The van der Waals surface area contributed by atoms with Gasteiger partial charge < -0.3 is 21.1 Å². The molecular weight excluding hydrogens is 284 g/mol. The molecule has 0 aromatic carbocycles. The van der Waals surface area contributed by atoms with E-state index >= 15 is 0 Å². The lowest BCUT2D eigenvalue weighted by atomic mass is 10.2. The molecule has 20 heavy (non-hydrogen) atoms. The van der Waals surface area contributed by atoms with Crippen LogP contribution in [0.5, 0.6) is 0 Å². The Kier molecular flexibility index (Phi) is 6.75. The smallest absolute Gasteiger partial charge is 0.253 e. The van der Waals surface area contributed by atoms with Gasteiger partial charge in [-0.05, 0) is 13.0 Å². The highest BCUT2D eigenvalue weighted by molar-refractivity contribution is 6.33. The van der Waals surface area contributed by atoms with Gasteiger partial charge in [0.25, 0.3) is 5.91 Å². The largest absolute Gasteiger partial charge is 0.370 e. The summed E-state index contributed by atoms with van der Waals surface area (Å²) in [5.74, 6) is -0.310. The standard InChI is InChI=1S/C12H17ClN4O3/c1-2-15-11-5-8(9(13)6-17-11)12(19)16-3-4-20-7-10(14)18/h5-6H,2-4,7H2,1H3,(H2,14,18)(H,15,17)(H,16,19). The van der Waals surface area contributed by atoms with Crippen LogP contribution < -0.4 is 16.4 Å². The molecule has 0 atom stereocenters. The number of aromatic nitrogens is 1. The van der Waals surface area contributed by atoms with Crippen LogP contribution in [-0.4, -0.2) is 43.1 Å². The van der Waals surface area contributed by atoms with Gasteiger partial charge in [-0.2, -0.15) is 0 Å². The maximum atomic E-state index is 11.9. The number of nitrogens with zero attached hydrogens (tertiary/aromatic N) is 1. The first-order valence-corrected chi connectivity index (χ1v) is 6.46. The van der Waals surface area contributed by atoms with E-state index in [0.717, 1.165) is 0 Å². The van der Waals surface area contributed by atoms with Crippen molar-refractivity contribution in [1.82, 2.24) is 10.3 Å². The molecule has 110 valence electrons. The molecule has 4 N–H and O–H groups in total. The van der Waals surface area contributed by atoms with Gasteiger partial charge in [-0.1, -0.05) is 11.6 Å². The van der Waals surface area contributed by atoms with Crippen LogP contribution in [0.4, 0.5) is 5.82 Å².